The first-order valence-corrected chi connectivity index (χ1v) is 4.56. The molecule has 0 spiro atoms. The molecule has 1 aliphatic rings. The van der Waals surface area contributed by atoms with Crippen LogP contribution in [0.2, 0.25) is 12.6 Å². The monoisotopic (exact) mass is 175 g/mol. The Morgan fingerprint density at radius 1 is 1.54 bits per heavy atom. The summed E-state index contributed by atoms with van der Waals surface area (Å²) in [6.07, 6.45) is 5.52. The van der Waals surface area contributed by atoms with Crippen LogP contribution in [0.3, 0.4) is 0 Å². The summed E-state index contributed by atoms with van der Waals surface area (Å²) >= 11 is 0. The van der Waals surface area contributed by atoms with Gasteiger partial charge in [0.25, 0.3) is 6.71 Å². The fourth-order valence-electron chi connectivity index (χ4n) is 1.77. The summed E-state index contributed by atoms with van der Waals surface area (Å²) in [5, 5.41) is 8.76. The van der Waals surface area contributed by atoms with E-state index < -0.39 is 0 Å². The fraction of sp³-hybridized carbons (Fsp3) is 0.500. The Bertz CT molecular complexity index is 234. The average Bonchev–Trinajstić information content (AvgIpc) is 2.57. The number of hydrogen-bond acceptors (Lipinski definition) is 2. The lowest BCUT2D eigenvalue weighted by Gasteiger charge is -2.15. The van der Waals surface area contributed by atoms with E-state index in [0.29, 0.717) is 12.5 Å². The molecule has 0 aliphatic carbocycles. The van der Waals surface area contributed by atoms with Crippen molar-refractivity contribution >= 4 is 6.71 Å². The lowest BCUT2D eigenvalue weighted by molar-refractivity contribution is 0.0703. The fourth-order valence-corrected chi connectivity index (χ4v) is 1.77. The van der Waals surface area contributed by atoms with Gasteiger partial charge in [0.05, 0.1) is 12.7 Å². The molecule has 2 unspecified atom stereocenters. The number of rotatable bonds is 4. The van der Waals surface area contributed by atoms with Gasteiger partial charge in [-0.05, 0) is 12.2 Å². The van der Waals surface area contributed by atoms with Crippen molar-refractivity contribution in [1.82, 2.24) is 0 Å². The normalized spacial score (nSPS) is 26.8. The Morgan fingerprint density at radius 2 is 2.31 bits per heavy atom. The molecule has 0 saturated carbocycles. The highest BCUT2D eigenvalue weighted by Crippen LogP contribution is 2.30. The molecule has 1 fully saturated rings. The molecule has 1 rings (SSSR count). The standard InChI is InChI=1S/C10H14BNO/c1-3-5-13-10-7-11(8-12)6-9(10)4-2/h3-4,9-10H,1-2,5-7H2. The van der Waals surface area contributed by atoms with Gasteiger partial charge >= 0.3 is 0 Å². The van der Waals surface area contributed by atoms with Crippen LogP contribution in [0, 0.1) is 17.1 Å². The number of hydrogen-bond donors (Lipinski definition) is 0. The third kappa shape index (κ3) is 2.47. The summed E-state index contributed by atoms with van der Waals surface area (Å²) in [4.78, 5) is 0. The van der Waals surface area contributed by atoms with E-state index in [1.807, 2.05) is 6.08 Å². The van der Waals surface area contributed by atoms with E-state index in [1.165, 1.54) is 0 Å². The van der Waals surface area contributed by atoms with Crippen LogP contribution >= 0.6 is 0 Å². The number of ether oxygens (including phenoxy) is 1. The number of nitrogens with zero attached hydrogens (tertiary/aromatic N) is 1. The molecular weight excluding hydrogens is 161 g/mol. The van der Waals surface area contributed by atoms with Crippen molar-refractivity contribution in [3.63, 3.8) is 0 Å². The molecule has 68 valence electrons. The quantitative estimate of drug-likeness (QED) is 0.483. The largest absolute Gasteiger partial charge is 0.374 e. The van der Waals surface area contributed by atoms with Crippen molar-refractivity contribution in [1.29, 1.82) is 5.26 Å². The molecule has 0 bridgehead atoms. The summed E-state index contributed by atoms with van der Waals surface area (Å²) in [7, 11) is 0. The van der Waals surface area contributed by atoms with E-state index in [4.69, 9.17) is 10.00 Å². The molecule has 0 radical (unpaired) electrons. The van der Waals surface area contributed by atoms with Gasteiger partial charge in [0, 0.05) is 5.97 Å². The molecule has 1 aliphatic heterocycles. The Morgan fingerprint density at radius 3 is 2.85 bits per heavy atom. The van der Waals surface area contributed by atoms with Crippen LogP contribution in [0.25, 0.3) is 0 Å². The number of nitriles is 1. The van der Waals surface area contributed by atoms with Crippen molar-refractivity contribution in [2.24, 2.45) is 5.92 Å². The van der Waals surface area contributed by atoms with Gasteiger partial charge in [-0.15, -0.1) is 13.2 Å². The molecule has 3 heteroatoms. The average molecular weight is 175 g/mol. The summed E-state index contributed by atoms with van der Waals surface area (Å²) in [6.45, 7) is 8.05. The Balaban J connectivity index is 2.48. The van der Waals surface area contributed by atoms with Gasteiger partial charge in [0.15, 0.2) is 0 Å². The van der Waals surface area contributed by atoms with Crippen LogP contribution in [-0.4, -0.2) is 19.4 Å². The molecule has 1 heterocycles. The van der Waals surface area contributed by atoms with Crippen LogP contribution in [0.15, 0.2) is 25.3 Å². The summed E-state index contributed by atoms with van der Waals surface area (Å²) < 4.78 is 5.55. The van der Waals surface area contributed by atoms with Gasteiger partial charge in [-0.3, -0.25) is 0 Å². The highest BCUT2D eigenvalue weighted by atomic mass is 16.5. The van der Waals surface area contributed by atoms with E-state index >= 15 is 0 Å². The first-order valence-electron chi connectivity index (χ1n) is 4.56. The minimum atomic E-state index is 0.137. The highest BCUT2D eigenvalue weighted by molar-refractivity contribution is 6.67. The van der Waals surface area contributed by atoms with Crippen molar-refractivity contribution in [2.45, 2.75) is 18.7 Å². The zero-order valence-corrected chi connectivity index (χ0v) is 7.78. The maximum absolute atomic E-state index is 8.76. The van der Waals surface area contributed by atoms with Gasteiger partial charge < -0.3 is 4.74 Å². The van der Waals surface area contributed by atoms with Crippen molar-refractivity contribution in [3.8, 4) is 5.97 Å². The minimum Gasteiger partial charge on any atom is -0.374 e. The van der Waals surface area contributed by atoms with Crippen molar-refractivity contribution < 1.29 is 4.74 Å². The molecule has 0 N–H and O–H groups in total. The Labute approximate surface area is 80.0 Å². The lowest BCUT2D eigenvalue weighted by Crippen LogP contribution is -2.16. The van der Waals surface area contributed by atoms with E-state index in [-0.39, 0.29) is 12.8 Å². The molecule has 1 saturated heterocycles. The third-order valence-corrected chi connectivity index (χ3v) is 2.46. The topological polar surface area (TPSA) is 33.0 Å². The van der Waals surface area contributed by atoms with Crippen LogP contribution in [0.5, 0.6) is 0 Å². The highest BCUT2D eigenvalue weighted by Gasteiger charge is 2.35. The smallest absolute Gasteiger partial charge is 0.271 e. The van der Waals surface area contributed by atoms with Crippen molar-refractivity contribution in [3.05, 3.63) is 25.3 Å². The van der Waals surface area contributed by atoms with Gasteiger partial charge in [-0.2, -0.15) is 0 Å². The molecule has 2 atom stereocenters. The molecule has 13 heavy (non-hydrogen) atoms. The van der Waals surface area contributed by atoms with Crippen LogP contribution < -0.4 is 0 Å². The molecular formula is C10H14BNO. The summed E-state index contributed by atoms with van der Waals surface area (Å²) in [5.41, 5.74) is 0. The maximum atomic E-state index is 8.76. The molecule has 0 aromatic carbocycles. The van der Waals surface area contributed by atoms with E-state index in [0.717, 1.165) is 12.6 Å². The molecule has 2 nitrogen and oxygen atoms in total. The van der Waals surface area contributed by atoms with E-state index in [9.17, 15) is 0 Å². The van der Waals surface area contributed by atoms with Crippen LogP contribution in [-0.2, 0) is 4.74 Å². The zero-order chi connectivity index (χ0) is 9.68. The first-order chi connectivity index (χ1) is 6.31. The lowest BCUT2D eigenvalue weighted by atomic mass is 9.50. The molecule has 0 amide bonds. The van der Waals surface area contributed by atoms with Gasteiger partial charge in [-0.25, -0.2) is 5.26 Å². The van der Waals surface area contributed by atoms with Crippen LogP contribution in [0.1, 0.15) is 0 Å². The maximum Gasteiger partial charge on any atom is 0.271 e. The Kier molecular flexibility index (Phi) is 3.79. The SMILES string of the molecule is C=CCOC1CB(C#N)CC1C=C. The second-order valence-corrected chi connectivity index (χ2v) is 3.36. The van der Waals surface area contributed by atoms with Crippen LogP contribution in [0.4, 0.5) is 0 Å². The minimum absolute atomic E-state index is 0.137. The van der Waals surface area contributed by atoms with Gasteiger partial charge in [0.2, 0.25) is 0 Å². The predicted octanol–water partition coefficient (Wildman–Crippen LogP) is 1.93. The van der Waals surface area contributed by atoms with Gasteiger partial charge in [-0.1, -0.05) is 18.5 Å². The van der Waals surface area contributed by atoms with E-state index in [1.54, 1.807) is 6.08 Å². The van der Waals surface area contributed by atoms with Crippen molar-refractivity contribution in [2.75, 3.05) is 6.61 Å². The second kappa shape index (κ2) is 4.88. The molecule has 0 aromatic rings. The zero-order valence-electron chi connectivity index (χ0n) is 7.78. The van der Waals surface area contributed by atoms with E-state index in [2.05, 4.69) is 19.1 Å². The summed E-state index contributed by atoms with van der Waals surface area (Å²) in [6, 6.07) is 0. The Hall–Kier alpha value is -1.01. The predicted molar refractivity (Wildman–Crippen MR) is 54.6 cm³/mol. The molecule has 0 aromatic heterocycles. The third-order valence-electron chi connectivity index (χ3n) is 2.46. The first kappa shape index (κ1) is 10.1. The summed E-state index contributed by atoms with van der Waals surface area (Å²) in [5.74, 6) is 2.62. The van der Waals surface area contributed by atoms with Gasteiger partial charge in [0.1, 0.15) is 0 Å². The second-order valence-electron chi connectivity index (χ2n) is 3.36.